The average Bonchev–Trinajstić information content (AvgIpc) is 2.69. The van der Waals surface area contributed by atoms with E-state index in [1.54, 1.807) is 0 Å². The van der Waals surface area contributed by atoms with E-state index in [4.69, 9.17) is 4.42 Å². The van der Waals surface area contributed by atoms with Crippen LogP contribution in [0.25, 0.3) is 11.0 Å². The molecule has 92 valence electrons. The molecule has 1 aromatic heterocycles. The third-order valence-corrected chi connectivity index (χ3v) is 3.57. The first-order valence-corrected chi connectivity index (χ1v) is 6.72. The van der Waals surface area contributed by atoms with E-state index < -0.39 is 0 Å². The molecule has 3 heteroatoms. The molecule has 2 rings (SSSR count). The van der Waals surface area contributed by atoms with Gasteiger partial charge in [-0.3, -0.25) is 0 Å². The number of rotatable bonds is 3. The van der Waals surface area contributed by atoms with Crippen LogP contribution < -0.4 is 5.32 Å². The topological polar surface area (TPSA) is 25.2 Å². The van der Waals surface area contributed by atoms with E-state index in [1.165, 1.54) is 10.9 Å². The molecule has 0 aliphatic heterocycles. The zero-order valence-corrected chi connectivity index (χ0v) is 12.3. The van der Waals surface area contributed by atoms with Crippen LogP contribution in [-0.4, -0.2) is 7.05 Å². The first kappa shape index (κ1) is 12.7. The Balaban J connectivity index is 2.63. The molecule has 0 saturated carbocycles. The molecule has 0 aliphatic rings. The number of furan rings is 1. The van der Waals surface area contributed by atoms with Gasteiger partial charge < -0.3 is 9.73 Å². The van der Waals surface area contributed by atoms with Crippen molar-refractivity contribution < 1.29 is 4.42 Å². The van der Waals surface area contributed by atoms with Gasteiger partial charge in [-0.25, -0.2) is 0 Å². The minimum atomic E-state index is 0.237. The molecule has 1 atom stereocenters. The van der Waals surface area contributed by atoms with Gasteiger partial charge in [-0.15, -0.1) is 0 Å². The Labute approximate surface area is 111 Å². The summed E-state index contributed by atoms with van der Waals surface area (Å²) in [6, 6.07) is 6.61. The fourth-order valence-electron chi connectivity index (χ4n) is 1.95. The quantitative estimate of drug-likeness (QED) is 0.895. The van der Waals surface area contributed by atoms with Crippen LogP contribution in [0.3, 0.4) is 0 Å². The van der Waals surface area contributed by atoms with Gasteiger partial charge in [-0.2, -0.15) is 0 Å². The number of fused-ring (bicyclic) bond motifs is 1. The van der Waals surface area contributed by atoms with E-state index in [2.05, 4.69) is 60.2 Å². The fraction of sp³-hybridized carbons (Fsp3) is 0.429. The van der Waals surface area contributed by atoms with E-state index in [0.29, 0.717) is 5.92 Å². The normalized spacial score (nSPS) is 13.5. The predicted octanol–water partition coefficient (Wildman–Crippen LogP) is 4.60. The van der Waals surface area contributed by atoms with E-state index in [0.717, 1.165) is 15.8 Å². The summed E-state index contributed by atoms with van der Waals surface area (Å²) < 4.78 is 7.09. The summed E-state index contributed by atoms with van der Waals surface area (Å²) in [6.07, 6.45) is 0. The highest BCUT2D eigenvalue weighted by atomic mass is 79.9. The van der Waals surface area contributed by atoms with Crippen molar-refractivity contribution in [3.8, 4) is 0 Å². The average molecular weight is 296 g/mol. The first-order chi connectivity index (χ1) is 8.02. The van der Waals surface area contributed by atoms with E-state index >= 15 is 0 Å². The second kappa shape index (κ2) is 4.83. The first-order valence-electron chi connectivity index (χ1n) is 5.93. The van der Waals surface area contributed by atoms with Crippen LogP contribution in [0.2, 0.25) is 0 Å². The number of benzene rings is 1. The maximum absolute atomic E-state index is 5.98. The Kier molecular flexibility index (Phi) is 3.59. The van der Waals surface area contributed by atoms with Gasteiger partial charge in [0.05, 0.1) is 6.04 Å². The molecule has 0 fully saturated rings. The standard InChI is InChI=1S/C14H18BrNO/c1-8(2)12-7-11(15)5-10-6-13(9(3)16-4)17-14(10)12/h5-9,16H,1-4H3. The van der Waals surface area contributed by atoms with Gasteiger partial charge in [-0.05, 0) is 43.7 Å². The third kappa shape index (κ3) is 2.40. The summed E-state index contributed by atoms with van der Waals surface area (Å²) in [6.45, 7) is 6.47. The molecule has 1 unspecified atom stereocenters. The van der Waals surface area contributed by atoms with Crippen LogP contribution in [0.4, 0.5) is 0 Å². The van der Waals surface area contributed by atoms with Gasteiger partial charge in [0.1, 0.15) is 11.3 Å². The maximum Gasteiger partial charge on any atom is 0.137 e. The summed E-state index contributed by atoms with van der Waals surface area (Å²) in [5.41, 5.74) is 2.27. The number of nitrogens with one attached hydrogen (secondary N) is 1. The zero-order valence-electron chi connectivity index (χ0n) is 10.7. The van der Waals surface area contributed by atoms with Crippen molar-refractivity contribution in [3.05, 3.63) is 34.0 Å². The van der Waals surface area contributed by atoms with Crippen LogP contribution in [-0.2, 0) is 0 Å². The number of hydrogen-bond acceptors (Lipinski definition) is 2. The largest absolute Gasteiger partial charge is 0.459 e. The Bertz CT molecular complexity index is 530. The lowest BCUT2D eigenvalue weighted by molar-refractivity contribution is 0.472. The highest BCUT2D eigenvalue weighted by Crippen LogP contribution is 2.33. The van der Waals surface area contributed by atoms with Crippen molar-refractivity contribution in [1.82, 2.24) is 5.32 Å². The minimum Gasteiger partial charge on any atom is -0.459 e. The van der Waals surface area contributed by atoms with Gasteiger partial charge >= 0.3 is 0 Å². The van der Waals surface area contributed by atoms with Gasteiger partial charge in [0, 0.05) is 9.86 Å². The van der Waals surface area contributed by atoms with Crippen LogP contribution >= 0.6 is 15.9 Å². The third-order valence-electron chi connectivity index (χ3n) is 3.11. The van der Waals surface area contributed by atoms with Crippen molar-refractivity contribution in [1.29, 1.82) is 0 Å². The summed E-state index contributed by atoms with van der Waals surface area (Å²) >= 11 is 3.56. The lowest BCUT2D eigenvalue weighted by atomic mass is 10.0. The van der Waals surface area contributed by atoms with Gasteiger partial charge in [0.15, 0.2) is 0 Å². The van der Waals surface area contributed by atoms with E-state index in [1.807, 2.05) is 7.05 Å². The molecule has 17 heavy (non-hydrogen) atoms. The van der Waals surface area contributed by atoms with Crippen molar-refractivity contribution in [2.45, 2.75) is 32.7 Å². The Morgan fingerprint density at radius 1 is 1.18 bits per heavy atom. The van der Waals surface area contributed by atoms with Crippen molar-refractivity contribution >= 4 is 26.9 Å². The molecule has 1 aromatic carbocycles. The highest BCUT2D eigenvalue weighted by Gasteiger charge is 2.14. The molecule has 1 heterocycles. The van der Waals surface area contributed by atoms with Gasteiger partial charge in [-0.1, -0.05) is 29.8 Å². The molecule has 0 amide bonds. The Morgan fingerprint density at radius 3 is 2.47 bits per heavy atom. The molecular weight excluding hydrogens is 278 g/mol. The molecule has 1 N–H and O–H groups in total. The van der Waals surface area contributed by atoms with Crippen LogP contribution in [0, 0.1) is 0 Å². The summed E-state index contributed by atoms with van der Waals surface area (Å²) in [5, 5.41) is 4.37. The number of hydrogen-bond donors (Lipinski definition) is 1. The van der Waals surface area contributed by atoms with Crippen LogP contribution in [0.15, 0.2) is 27.1 Å². The second-order valence-electron chi connectivity index (χ2n) is 4.73. The number of halogens is 1. The van der Waals surface area contributed by atoms with Gasteiger partial charge in [0.2, 0.25) is 0 Å². The molecule has 0 spiro atoms. The SMILES string of the molecule is CNC(C)c1cc2cc(Br)cc(C(C)C)c2o1. The lowest BCUT2D eigenvalue weighted by Gasteiger charge is -2.07. The fourth-order valence-corrected chi connectivity index (χ4v) is 2.44. The molecule has 2 aromatic rings. The van der Waals surface area contributed by atoms with Crippen molar-refractivity contribution in [3.63, 3.8) is 0 Å². The lowest BCUT2D eigenvalue weighted by Crippen LogP contribution is -2.10. The van der Waals surface area contributed by atoms with Gasteiger partial charge in [0.25, 0.3) is 0 Å². The highest BCUT2D eigenvalue weighted by molar-refractivity contribution is 9.10. The Hall–Kier alpha value is -0.800. The predicted molar refractivity (Wildman–Crippen MR) is 75.5 cm³/mol. The monoisotopic (exact) mass is 295 g/mol. The molecular formula is C14H18BrNO. The van der Waals surface area contributed by atoms with E-state index in [-0.39, 0.29) is 6.04 Å². The van der Waals surface area contributed by atoms with Crippen molar-refractivity contribution in [2.75, 3.05) is 7.05 Å². The maximum atomic E-state index is 5.98. The summed E-state index contributed by atoms with van der Waals surface area (Å²) in [5.74, 6) is 1.45. The summed E-state index contributed by atoms with van der Waals surface area (Å²) in [4.78, 5) is 0. The van der Waals surface area contributed by atoms with Crippen LogP contribution in [0.5, 0.6) is 0 Å². The molecule has 0 saturated heterocycles. The minimum absolute atomic E-state index is 0.237. The Morgan fingerprint density at radius 2 is 1.88 bits per heavy atom. The summed E-state index contributed by atoms with van der Waals surface area (Å²) in [7, 11) is 1.94. The van der Waals surface area contributed by atoms with Crippen molar-refractivity contribution in [2.24, 2.45) is 0 Å². The second-order valence-corrected chi connectivity index (χ2v) is 5.64. The van der Waals surface area contributed by atoms with Crippen LogP contribution in [0.1, 0.15) is 44.1 Å². The smallest absolute Gasteiger partial charge is 0.137 e. The molecule has 0 bridgehead atoms. The zero-order chi connectivity index (χ0) is 12.6. The molecule has 0 aliphatic carbocycles. The molecule has 0 radical (unpaired) electrons. The van der Waals surface area contributed by atoms with E-state index in [9.17, 15) is 0 Å². The molecule has 2 nitrogen and oxygen atoms in total.